The third-order valence-corrected chi connectivity index (χ3v) is 4.47. The zero-order valence-electron chi connectivity index (χ0n) is 12.0. The van der Waals surface area contributed by atoms with Gasteiger partial charge < -0.3 is 10.5 Å². The molecule has 1 aromatic rings. The lowest BCUT2D eigenvalue weighted by Gasteiger charge is -2.35. The topological polar surface area (TPSA) is 38.5 Å². The Morgan fingerprint density at radius 3 is 2.60 bits per heavy atom. The maximum atomic E-state index is 6.25. The molecule has 0 amide bonds. The van der Waals surface area contributed by atoms with Crippen molar-refractivity contribution in [3.8, 4) is 0 Å². The summed E-state index contributed by atoms with van der Waals surface area (Å²) in [7, 11) is 0. The fourth-order valence-corrected chi connectivity index (χ4v) is 3.20. The molecule has 1 unspecified atom stereocenters. The molecule has 0 aliphatic carbocycles. The first-order valence-electron chi connectivity index (χ1n) is 7.04. The van der Waals surface area contributed by atoms with E-state index in [2.05, 4.69) is 18.7 Å². The Labute approximate surface area is 131 Å². The van der Waals surface area contributed by atoms with Crippen LogP contribution in [0.5, 0.6) is 0 Å². The minimum Gasteiger partial charge on any atom is -0.373 e. The van der Waals surface area contributed by atoms with Gasteiger partial charge in [-0.3, -0.25) is 4.90 Å². The van der Waals surface area contributed by atoms with Gasteiger partial charge in [0.05, 0.1) is 22.3 Å². The van der Waals surface area contributed by atoms with Crippen molar-refractivity contribution in [3.05, 3.63) is 33.8 Å². The highest BCUT2D eigenvalue weighted by atomic mass is 35.5. The molecular weight excluding hydrogens is 295 g/mol. The van der Waals surface area contributed by atoms with Gasteiger partial charge in [0.1, 0.15) is 0 Å². The van der Waals surface area contributed by atoms with E-state index in [4.69, 9.17) is 33.7 Å². The average Bonchev–Trinajstić information content (AvgIpc) is 2.38. The van der Waals surface area contributed by atoms with Crippen LogP contribution in [0.15, 0.2) is 18.2 Å². The molecule has 0 aromatic heterocycles. The summed E-state index contributed by atoms with van der Waals surface area (Å²) in [4.78, 5) is 2.40. The smallest absolute Gasteiger partial charge is 0.0678 e. The number of ether oxygens (including phenoxy) is 1. The molecule has 0 bridgehead atoms. The van der Waals surface area contributed by atoms with Crippen LogP contribution in [-0.2, 0) is 4.74 Å². The standard InChI is InChI=1S/C15H22Cl2N2O/c1-10-8-19(9-11(2)20-10)7-6-14(18)12-4-3-5-13(16)15(12)17/h3-5,10-11,14H,6-9,18H2,1-2H3/t10-,11+,14?. The van der Waals surface area contributed by atoms with Crippen LogP contribution in [0.4, 0.5) is 0 Å². The monoisotopic (exact) mass is 316 g/mol. The van der Waals surface area contributed by atoms with Crippen LogP contribution in [0.2, 0.25) is 10.0 Å². The summed E-state index contributed by atoms with van der Waals surface area (Å²) < 4.78 is 5.73. The zero-order valence-corrected chi connectivity index (χ0v) is 13.5. The molecule has 1 fully saturated rings. The molecule has 1 heterocycles. The average molecular weight is 317 g/mol. The second-order valence-electron chi connectivity index (χ2n) is 5.56. The summed E-state index contributed by atoms with van der Waals surface area (Å²) in [6.07, 6.45) is 1.42. The fourth-order valence-electron chi connectivity index (χ4n) is 2.75. The molecule has 0 spiro atoms. The van der Waals surface area contributed by atoms with E-state index >= 15 is 0 Å². The van der Waals surface area contributed by atoms with Crippen molar-refractivity contribution in [2.75, 3.05) is 19.6 Å². The van der Waals surface area contributed by atoms with Crippen molar-refractivity contribution in [1.82, 2.24) is 4.90 Å². The highest BCUT2D eigenvalue weighted by molar-refractivity contribution is 6.42. The lowest BCUT2D eigenvalue weighted by Crippen LogP contribution is -2.46. The minimum absolute atomic E-state index is 0.0883. The SMILES string of the molecule is C[C@@H]1CN(CCC(N)c2cccc(Cl)c2Cl)C[C@H](C)O1. The Hall–Kier alpha value is -0.320. The number of morpholine rings is 1. The molecule has 1 aliphatic rings. The van der Waals surface area contributed by atoms with E-state index in [1.165, 1.54) is 0 Å². The minimum atomic E-state index is -0.0883. The van der Waals surface area contributed by atoms with Crippen molar-refractivity contribution in [3.63, 3.8) is 0 Å². The van der Waals surface area contributed by atoms with E-state index in [0.29, 0.717) is 10.0 Å². The van der Waals surface area contributed by atoms with Gasteiger partial charge in [0.25, 0.3) is 0 Å². The van der Waals surface area contributed by atoms with Crippen LogP contribution in [0, 0.1) is 0 Å². The van der Waals surface area contributed by atoms with E-state index in [1.807, 2.05) is 12.1 Å². The number of benzene rings is 1. The maximum Gasteiger partial charge on any atom is 0.0678 e. The first kappa shape index (κ1) is 16.1. The summed E-state index contributed by atoms with van der Waals surface area (Å²) in [6.45, 7) is 7.08. The van der Waals surface area contributed by atoms with Crippen LogP contribution in [0.25, 0.3) is 0 Å². The fraction of sp³-hybridized carbons (Fsp3) is 0.600. The molecule has 3 nitrogen and oxygen atoms in total. The van der Waals surface area contributed by atoms with E-state index in [0.717, 1.165) is 31.6 Å². The molecule has 1 aromatic carbocycles. The number of hydrogen-bond acceptors (Lipinski definition) is 3. The van der Waals surface area contributed by atoms with Crippen LogP contribution in [0.1, 0.15) is 31.9 Å². The van der Waals surface area contributed by atoms with Gasteiger partial charge >= 0.3 is 0 Å². The summed E-state index contributed by atoms with van der Waals surface area (Å²) in [5, 5.41) is 1.14. The van der Waals surface area contributed by atoms with Gasteiger partial charge in [0.2, 0.25) is 0 Å². The summed E-state index contributed by atoms with van der Waals surface area (Å²) in [6, 6.07) is 5.53. The van der Waals surface area contributed by atoms with Gasteiger partial charge in [-0.1, -0.05) is 35.3 Å². The number of nitrogens with two attached hydrogens (primary N) is 1. The van der Waals surface area contributed by atoms with Crippen molar-refractivity contribution in [1.29, 1.82) is 0 Å². The Morgan fingerprint density at radius 1 is 1.30 bits per heavy atom. The van der Waals surface area contributed by atoms with Gasteiger partial charge in [0, 0.05) is 25.7 Å². The summed E-state index contributed by atoms with van der Waals surface area (Å²) in [5.41, 5.74) is 7.17. The Morgan fingerprint density at radius 2 is 1.95 bits per heavy atom. The Bertz CT molecular complexity index is 445. The lowest BCUT2D eigenvalue weighted by molar-refractivity contribution is -0.0684. The molecule has 112 valence electrons. The van der Waals surface area contributed by atoms with E-state index in [-0.39, 0.29) is 18.2 Å². The first-order chi connectivity index (χ1) is 9.47. The molecule has 2 rings (SSSR count). The molecule has 0 saturated carbocycles. The Kier molecular flexibility index (Phi) is 5.70. The quantitative estimate of drug-likeness (QED) is 0.924. The van der Waals surface area contributed by atoms with Gasteiger partial charge in [-0.15, -0.1) is 0 Å². The number of nitrogens with zero attached hydrogens (tertiary/aromatic N) is 1. The molecular formula is C15H22Cl2N2O. The molecule has 1 aliphatic heterocycles. The molecule has 5 heteroatoms. The predicted octanol–water partition coefficient (Wildman–Crippen LogP) is 3.49. The third-order valence-electron chi connectivity index (χ3n) is 3.63. The van der Waals surface area contributed by atoms with Crippen LogP contribution < -0.4 is 5.73 Å². The maximum absolute atomic E-state index is 6.25. The van der Waals surface area contributed by atoms with E-state index < -0.39 is 0 Å². The van der Waals surface area contributed by atoms with E-state index in [1.54, 1.807) is 6.07 Å². The van der Waals surface area contributed by atoms with Crippen molar-refractivity contribution >= 4 is 23.2 Å². The molecule has 20 heavy (non-hydrogen) atoms. The van der Waals surface area contributed by atoms with Crippen molar-refractivity contribution < 1.29 is 4.74 Å². The van der Waals surface area contributed by atoms with Crippen molar-refractivity contribution in [2.24, 2.45) is 5.73 Å². The molecule has 2 N–H and O–H groups in total. The van der Waals surface area contributed by atoms with Crippen LogP contribution in [-0.4, -0.2) is 36.7 Å². The normalized spacial score (nSPS) is 25.6. The predicted molar refractivity (Wildman–Crippen MR) is 84.5 cm³/mol. The second-order valence-corrected chi connectivity index (χ2v) is 6.34. The summed E-state index contributed by atoms with van der Waals surface area (Å²) >= 11 is 12.2. The highest BCUT2D eigenvalue weighted by Crippen LogP contribution is 2.30. The zero-order chi connectivity index (χ0) is 14.7. The van der Waals surface area contributed by atoms with E-state index in [9.17, 15) is 0 Å². The van der Waals surface area contributed by atoms with Gasteiger partial charge in [-0.2, -0.15) is 0 Å². The number of hydrogen-bond donors (Lipinski definition) is 1. The van der Waals surface area contributed by atoms with Gasteiger partial charge in [0.15, 0.2) is 0 Å². The van der Waals surface area contributed by atoms with Crippen LogP contribution in [0.3, 0.4) is 0 Å². The summed E-state index contributed by atoms with van der Waals surface area (Å²) in [5.74, 6) is 0. The molecule has 0 radical (unpaired) electrons. The first-order valence-corrected chi connectivity index (χ1v) is 7.80. The van der Waals surface area contributed by atoms with Crippen LogP contribution >= 0.6 is 23.2 Å². The highest BCUT2D eigenvalue weighted by Gasteiger charge is 2.22. The van der Waals surface area contributed by atoms with Gasteiger partial charge in [-0.25, -0.2) is 0 Å². The van der Waals surface area contributed by atoms with Gasteiger partial charge in [-0.05, 0) is 31.9 Å². The number of halogens is 2. The Balaban J connectivity index is 1.91. The molecule has 1 saturated heterocycles. The number of rotatable bonds is 4. The largest absolute Gasteiger partial charge is 0.373 e. The third kappa shape index (κ3) is 4.09. The molecule has 3 atom stereocenters. The van der Waals surface area contributed by atoms with Crippen molar-refractivity contribution in [2.45, 2.75) is 38.5 Å². The second kappa shape index (κ2) is 7.10. The lowest BCUT2D eigenvalue weighted by atomic mass is 10.0.